The summed E-state index contributed by atoms with van der Waals surface area (Å²) < 4.78 is 22.5. The fourth-order valence-corrected chi connectivity index (χ4v) is 2.46. The van der Waals surface area contributed by atoms with E-state index in [0.29, 0.717) is 6.42 Å². The molecule has 0 aromatic heterocycles. The van der Waals surface area contributed by atoms with Gasteiger partial charge in [-0.25, -0.2) is 0 Å². The highest BCUT2D eigenvalue weighted by atomic mass is 31.2. The molecule has 0 saturated carbocycles. The van der Waals surface area contributed by atoms with Crippen LogP contribution in [-0.2, 0) is 18.8 Å². The highest BCUT2D eigenvalue weighted by Crippen LogP contribution is 2.50. The molecule has 0 aromatic rings. The van der Waals surface area contributed by atoms with Crippen LogP contribution in [0, 0.1) is 10.8 Å². The van der Waals surface area contributed by atoms with E-state index in [9.17, 15) is 19.1 Å². The summed E-state index contributed by atoms with van der Waals surface area (Å²) in [6.07, 6.45) is 2.25. The molecule has 0 aromatic carbocycles. The van der Waals surface area contributed by atoms with Crippen LogP contribution in [0.25, 0.3) is 0 Å². The molecule has 0 rings (SSSR count). The van der Waals surface area contributed by atoms with Crippen molar-refractivity contribution >= 4 is 13.6 Å². The summed E-state index contributed by atoms with van der Waals surface area (Å²) in [6, 6.07) is 0. The lowest BCUT2D eigenvalue weighted by Crippen LogP contribution is -2.44. The van der Waals surface area contributed by atoms with Gasteiger partial charge in [0.2, 0.25) is 0 Å². The molecule has 154 valence electrons. The Morgan fingerprint density at radius 2 is 1.46 bits per heavy atom. The second-order valence-electron chi connectivity index (χ2n) is 9.41. The second kappa shape index (κ2) is 8.14. The van der Waals surface area contributed by atoms with Gasteiger partial charge < -0.3 is 19.3 Å². The molecule has 7 heteroatoms. The Kier molecular flexibility index (Phi) is 7.92. The van der Waals surface area contributed by atoms with Gasteiger partial charge in [-0.1, -0.05) is 32.4 Å². The number of esters is 1. The zero-order valence-electron chi connectivity index (χ0n) is 18.0. The maximum Gasteiger partial charge on any atom is 0.356 e. The molecule has 6 nitrogen and oxygen atoms in total. The Labute approximate surface area is 158 Å². The largest absolute Gasteiger partial charge is 0.459 e. The van der Waals surface area contributed by atoms with Crippen LogP contribution < -0.4 is 0 Å². The van der Waals surface area contributed by atoms with Crippen molar-refractivity contribution in [3.05, 3.63) is 11.6 Å². The molecule has 0 heterocycles. The number of hydrogen-bond acceptors (Lipinski definition) is 4. The third-order valence-electron chi connectivity index (χ3n) is 4.79. The van der Waals surface area contributed by atoms with E-state index in [1.54, 1.807) is 13.8 Å². The Hall–Kier alpha value is -0.680. The average molecular weight is 392 g/mol. The lowest BCUT2D eigenvalue weighted by molar-refractivity contribution is -0.173. The van der Waals surface area contributed by atoms with Crippen LogP contribution in [0.4, 0.5) is 0 Å². The summed E-state index contributed by atoms with van der Waals surface area (Å²) >= 11 is 0. The van der Waals surface area contributed by atoms with Gasteiger partial charge in [0.05, 0.1) is 12.0 Å². The predicted molar refractivity (Wildman–Crippen MR) is 104 cm³/mol. The smallest absolute Gasteiger partial charge is 0.356 e. The Morgan fingerprint density at radius 1 is 1.00 bits per heavy atom. The van der Waals surface area contributed by atoms with E-state index in [1.807, 2.05) is 47.6 Å². The van der Waals surface area contributed by atoms with Crippen LogP contribution in [0.5, 0.6) is 0 Å². The highest BCUT2D eigenvalue weighted by molar-refractivity contribution is 7.53. The van der Waals surface area contributed by atoms with Crippen LogP contribution >= 0.6 is 7.60 Å². The van der Waals surface area contributed by atoms with Crippen LogP contribution in [0.2, 0.25) is 0 Å². The maximum atomic E-state index is 12.9. The summed E-state index contributed by atoms with van der Waals surface area (Å²) in [5, 5.41) is -1.57. The third kappa shape index (κ3) is 6.80. The molecule has 0 aliphatic rings. The molecular formula is C19H37O6P. The van der Waals surface area contributed by atoms with Crippen molar-refractivity contribution in [2.75, 3.05) is 6.61 Å². The molecule has 0 spiro atoms. The maximum absolute atomic E-state index is 12.9. The monoisotopic (exact) mass is 392 g/mol. The van der Waals surface area contributed by atoms with Gasteiger partial charge in [0.15, 0.2) is 5.34 Å². The zero-order valence-corrected chi connectivity index (χ0v) is 18.9. The average Bonchev–Trinajstić information content (AvgIpc) is 2.33. The zero-order chi connectivity index (χ0) is 21.2. The highest BCUT2D eigenvalue weighted by Gasteiger charge is 2.46. The minimum atomic E-state index is -4.38. The van der Waals surface area contributed by atoms with E-state index >= 15 is 0 Å². The van der Waals surface area contributed by atoms with E-state index in [4.69, 9.17) is 9.47 Å². The van der Waals surface area contributed by atoms with Crippen molar-refractivity contribution in [3.63, 3.8) is 0 Å². The number of carbonyl (C=O) groups excluding carboxylic acids is 1. The van der Waals surface area contributed by atoms with E-state index in [1.165, 1.54) is 13.8 Å². The molecule has 2 N–H and O–H groups in total. The lowest BCUT2D eigenvalue weighted by atomic mass is 9.67. The van der Waals surface area contributed by atoms with Gasteiger partial charge in [0.25, 0.3) is 0 Å². The van der Waals surface area contributed by atoms with Crippen molar-refractivity contribution in [3.8, 4) is 0 Å². The summed E-state index contributed by atoms with van der Waals surface area (Å²) in [5.74, 6) is -0.328. The van der Waals surface area contributed by atoms with Gasteiger partial charge in [-0.2, -0.15) is 0 Å². The number of hydrogen-bond donors (Lipinski definition) is 2. The van der Waals surface area contributed by atoms with E-state index in [-0.39, 0.29) is 18.0 Å². The molecular weight excluding hydrogens is 355 g/mol. The Bertz CT molecular complexity index is 575. The summed E-state index contributed by atoms with van der Waals surface area (Å²) in [5.41, 5.74) is -0.931. The topological polar surface area (TPSA) is 93.1 Å². The fourth-order valence-electron chi connectivity index (χ4n) is 2.20. The molecule has 1 unspecified atom stereocenters. The summed E-state index contributed by atoms with van der Waals surface area (Å²) in [4.78, 5) is 31.5. The van der Waals surface area contributed by atoms with Crippen molar-refractivity contribution in [1.82, 2.24) is 0 Å². The first-order chi connectivity index (χ1) is 11.3. The van der Waals surface area contributed by atoms with Crippen molar-refractivity contribution < 1.29 is 28.6 Å². The standard InChI is InChI=1S/C19H37O6P/c1-14(2)13-19(10,16(3,4)5)15(20)25-17(6,7)11-12-24-18(8,9)26(21,22)23/h13H,11-12H2,1-10H3,(H2,21,22,23). The fraction of sp³-hybridized carbons (Fsp3) is 0.842. The van der Waals surface area contributed by atoms with Gasteiger partial charge >= 0.3 is 13.6 Å². The van der Waals surface area contributed by atoms with Crippen molar-refractivity contribution in [1.29, 1.82) is 0 Å². The molecule has 0 aliphatic carbocycles. The van der Waals surface area contributed by atoms with Gasteiger partial charge in [0.1, 0.15) is 5.60 Å². The first-order valence-corrected chi connectivity index (χ1v) is 10.5. The van der Waals surface area contributed by atoms with E-state index < -0.39 is 24.0 Å². The van der Waals surface area contributed by atoms with E-state index in [2.05, 4.69) is 0 Å². The number of ether oxygens (including phenoxy) is 2. The SMILES string of the molecule is CC(C)=CC(C)(C(=O)OC(C)(C)CCOC(C)(C)P(=O)(O)O)C(C)(C)C. The van der Waals surface area contributed by atoms with Gasteiger partial charge in [-0.15, -0.1) is 0 Å². The first-order valence-electron chi connectivity index (χ1n) is 8.84. The minimum absolute atomic E-state index is 0.0628. The van der Waals surface area contributed by atoms with E-state index in [0.717, 1.165) is 5.57 Å². The van der Waals surface area contributed by atoms with Crippen LogP contribution in [0.15, 0.2) is 11.6 Å². The molecule has 0 amide bonds. The molecule has 0 fully saturated rings. The molecule has 0 aliphatic heterocycles. The van der Waals surface area contributed by atoms with Crippen molar-refractivity contribution in [2.24, 2.45) is 10.8 Å². The molecule has 0 saturated heterocycles. The van der Waals surface area contributed by atoms with Gasteiger partial charge in [0, 0.05) is 6.42 Å². The number of carbonyl (C=O) groups is 1. The normalized spacial score (nSPS) is 16.0. The van der Waals surface area contributed by atoms with Crippen LogP contribution in [-0.4, -0.2) is 33.3 Å². The third-order valence-corrected chi connectivity index (χ3v) is 6.32. The Balaban J connectivity index is 5.16. The minimum Gasteiger partial charge on any atom is -0.459 e. The molecule has 26 heavy (non-hydrogen) atoms. The van der Waals surface area contributed by atoms with Crippen LogP contribution in [0.1, 0.15) is 75.7 Å². The predicted octanol–water partition coefficient (Wildman–Crippen LogP) is 4.65. The first kappa shape index (κ1) is 25.3. The summed E-state index contributed by atoms with van der Waals surface area (Å²) in [7, 11) is -4.38. The quantitative estimate of drug-likeness (QED) is 0.355. The second-order valence-corrected chi connectivity index (χ2v) is 11.6. The summed E-state index contributed by atoms with van der Waals surface area (Å²) in [6.45, 7) is 18.0. The number of allylic oxidation sites excluding steroid dienone is 1. The number of rotatable bonds is 8. The van der Waals surface area contributed by atoms with Crippen LogP contribution in [0.3, 0.4) is 0 Å². The van der Waals surface area contributed by atoms with Gasteiger partial charge in [-0.3, -0.25) is 9.36 Å². The van der Waals surface area contributed by atoms with Crippen molar-refractivity contribution in [2.45, 2.75) is 86.6 Å². The molecule has 1 atom stereocenters. The van der Waals surface area contributed by atoms with Gasteiger partial charge in [-0.05, 0) is 53.9 Å². The lowest BCUT2D eigenvalue weighted by Gasteiger charge is -2.40. The molecule has 0 radical (unpaired) electrons. The Morgan fingerprint density at radius 3 is 1.81 bits per heavy atom. The molecule has 0 bridgehead atoms.